The molecule has 0 spiro atoms. The van der Waals surface area contributed by atoms with Crippen molar-refractivity contribution in [1.82, 2.24) is 19.4 Å². The molecule has 0 N–H and O–H groups in total. The summed E-state index contributed by atoms with van der Waals surface area (Å²) in [6.45, 7) is 3.18. The third kappa shape index (κ3) is 2.55. The molecule has 0 saturated carbocycles. The monoisotopic (exact) mass is 312 g/mol. The maximum absolute atomic E-state index is 4.80. The molecule has 1 aromatic carbocycles. The number of rotatable bonds is 3. The van der Waals surface area contributed by atoms with Crippen LogP contribution in [0.3, 0.4) is 0 Å². The standard InChI is InChI=1S/C17H20N4S/c1-20-15-7-3-2-6-14(15)19-16(20)12-21-9-4-5-13(11-21)17-18-8-10-22-17/h2-3,6-8,10,13H,4-5,9,11-12H2,1H3/t13-/m1/s1. The van der Waals surface area contributed by atoms with Crippen LogP contribution in [0.25, 0.3) is 11.0 Å². The summed E-state index contributed by atoms with van der Waals surface area (Å²) in [5.74, 6) is 1.74. The van der Waals surface area contributed by atoms with E-state index in [4.69, 9.17) is 4.98 Å². The quantitative estimate of drug-likeness (QED) is 0.743. The summed E-state index contributed by atoms with van der Waals surface area (Å²) in [6, 6.07) is 8.36. The van der Waals surface area contributed by atoms with Crippen LogP contribution >= 0.6 is 11.3 Å². The number of benzene rings is 1. The lowest BCUT2D eigenvalue weighted by molar-refractivity contribution is 0.194. The molecule has 0 aliphatic carbocycles. The van der Waals surface area contributed by atoms with Gasteiger partial charge in [-0.15, -0.1) is 11.3 Å². The average molecular weight is 312 g/mol. The van der Waals surface area contributed by atoms with Crippen molar-refractivity contribution < 1.29 is 0 Å². The van der Waals surface area contributed by atoms with Crippen molar-refractivity contribution in [3.63, 3.8) is 0 Å². The van der Waals surface area contributed by atoms with Crippen LogP contribution in [0.5, 0.6) is 0 Å². The normalized spacial score (nSPS) is 19.8. The van der Waals surface area contributed by atoms with E-state index in [9.17, 15) is 0 Å². The molecule has 1 aliphatic rings. The van der Waals surface area contributed by atoms with Gasteiger partial charge in [0.1, 0.15) is 5.82 Å². The van der Waals surface area contributed by atoms with E-state index in [1.54, 1.807) is 11.3 Å². The van der Waals surface area contributed by atoms with Gasteiger partial charge in [-0.1, -0.05) is 12.1 Å². The maximum atomic E-state index is 4.80. The molecule has 1 aliphatic heterocycles. The predicted octanol–water partition coefficient (Wildman–Crippen LogP) is 3.41. The minimum Gasteiger partial charge on any atom is -0.330 e. The third-order valence-electron chi connectivity index (χ3n) is 4.55. The summed E-state index contributed by atoms with van der Waals surface area (Å²) >= 11 is 1.79. The highest BCUT2D eigenvalue weighted by Crippen LogP contribution is 2.29. The molecule has 114 valence electrons. The second-order valence-corrected chi connectivity index (χ2v) is 6.95. The molecule has 0 bridgehead atoms. The summed E-state index contributed by atoms with van der Waals surface area (Å²) in [4.78, 5) is 11.8. The van der Waals surface area contributed by atoms with Crippen molar-refractivity contribution in [2.75, 3.05) is 13.1 Å². The van der Waals surface area contributed by atoms with Gasteiger partial charge in [-0.25, -0.2) is 9.97 Å². The molecule has 5 heteroatoms. The van der Waals surface area contributed by atoms with Gasteiger partial charge in [0.25, 0.3) is 0 Å². The van der Waals surface area contributed by atoms with Gasteiger partial charge in [0.2, 0.25) is 0 Å². The number of para-hydroxylation sites is 2. The molecule has 22 heavy (non-hydrogen) atoms. The van der Waals surface area contributed by atoms with Gasteiger partial charge in [-0.05, 0) is 31.5 Å². The zero-order valence-electron chi connectivity index (χ0n) is 12.8. The molecule has 0 radical (unpaired) electrons. The van der Waals surface area contributed by atoms with E-state index in [-0.39, 0.29) is 0 Å². The SMILES string of the molecule is Cn1c(CN2CCC[C@@H](c3nccs3)C2)nc2ccccc21. The van der Waals surface area contributed by atoms with E-state index in [2.05, 4.69) is 51.1 Å². The summed E-state index contributed by atoms with van der Waals surface area (Å²) < 4.78 is 2.22. The van der Waals surface area contributed by atoms with Crippen molar-refractivity contribution in [3.8, 4) is 0 Å². The van der Waals surface area contributed by atoms with Gasteiger partial charge in [-0.2, -0.15) is 0 Å². The fraction of sp³-hybridized carbons (Fsp3) is 0.412. The van der Waals surface area contributed by atoms with Crippen molar-refractivity contribution in [1.29, 1.82) is 0 Å². The fourth-order valence-corrected chi connectivity index (χ4v) is 4.14. The molecule has 4 rings (SSSR count). The molecule has 4 nitrogen and oxygen atoms in total. The Morgan fingerprint density at radius 2 is 2.23 bits per heavy atom. The highest BCUT2D eigenvalue weighted by atomic mass is 32.1. The van der Waals surface area contributed by atoms with E-state index in [0.717, 1.165) is 31.0 Å². The summed E-state index contributed by atoms with van der Waals surface area (Å²) in [5.41, 5.74) is 2.31. The van der Waals surface area contributed by atoms with Crippen LogP contribution in [-0.4, -0.2) is 32.5 Å². The van der Waals surface area contributed by atoms with E-state index < -0.39 is 0 Å². The van der Waals surface area contributed by atoms with Crippen LogP contribution < -0.4 is 0 Å². The number of piperidine rings is 1. The Hall–Kier alpha value is -1.72. The first-order chi connectivity index (χ1) is 10.8. The topological polar surface area (TPSA) is 34.0 Å². The molecule has 0 amide bonds. The van der Waals surface area contributed by atoms with E-state index in [1.807, 2.05) is 6.20 Å². The van der Waals surface area contributed by atoms with Crippen LogP contribution in [0.15, 0.2) is 35.8 Å². The van der Waals surface area contributed by atoms with E-state index in [0.29, 0.717) is 5.92 Å². The van der Waals surface area contributed by atoms with Gasteiger partial charge in [0.05, 0.1) is 22.6 Å². The predicted molar refractivity (Wildman–Crippen MR) is 90.1 cm³/mol. The first-order valence-corrected chi connectivity index (χ1v) is 8.71. The first kappa shape index (κ1) is 13.9. The molecule has 2 aromatic heterocycles. The van der Waals surface area contributed by atoms with Crippen molar-refractivity contribution in [3.05, 3.63) is 46.7 Å². The molecular weight excluding hydrogens is 292 g/mol. The summed E-state index contributed by atoms with van der Waals surface area (Å²) in [7, 11) is 2.12. The van der Waals surface area contributed by atoms with Crippen LogP contribution in [0.1, 0.15) is 29.6 Å². The lowest BCUT2D eigenvalue weighted by Crippen LogP contribution is -2.34. The molecule has 0 unspecified atom stereocenters. The van der Waals surface area contributed by atoms with E-state index in [1.165, 1.54) is 23.4 Å². The van der Waals surface area contributed by atoms with Gasteiger partial charge < -0.3 is 4.57 Å². The summed E-state index contributed by atoms with van der Waals surface area (Å²) in [5, 5.41) is 3.37. The van der Waals surface area contributed by atoms with Gasteiger partial charge >= 0.3 is 0 Å². The third-order valence-corrected chi connectivity index (χ3v) is 5.49. The van der Waals surface area contributed by atoms with Crippen LogP contribution in [0.2, 0.25) is 0 Å². The first-order valence-electron chi connectivity index (χ1n) is 7.83. The maximum Gasteiger partial charge on any atom is 0.123 e. The second kappa shape index (κ2) is 5.82. The molecule has 1 fully saturated rings. The Morgan fingerprint density at radius 3 is 3.05 bits per heavy atom. The van der Waals surface area contributed by atoms with Gasteiger partial charge in [0.15, 0.2) is 0 Å². The number of hydrogen-bond acceptors (Lipinski definition) is 4. The number of hydrogen-bond donors (Lipinski definition) is 0. The molecule has 1 atom stereocenters. The second-order valence-electron chi connectivity index (χ2n) is 6.02. The zero-order chi connectivity index (χ0) is 14.9. The lowest BCUT2D eigenvalue weighted by atomic mass is 9.99. The molecule has 3 heterocycles. The Kier molecular flexibility index (Phi) is 3.68. The minimum absolute atomic E-state index is 0.587. The van der Waals surface area contributed by atoms with Crippen LogP contribution in [-0.2, 0) is 13.6 Å². The Bertz CT molecular complexity index is 762. The average Bonchev–Trinajstić information content (AvgIpc) is 3.18. The van der Waals surface area contributed by atoms with Crippen molar-refractivity contribution in [2.45, 2.75) is 25.3 Å². The van der Waals surface area contributed by atoms with Gasteiger partial charge in [-0.3, -0.25) is 4.90 Å². The Morgan fingerprint density at radius 1 is 1.32 bits per heavy atom. The number of aryl methyl sites for hydroxylation is 1. The highest BCUT2D eigenvalue weighted by Gasteiger charge is 2.24. The van der Waals surface area contributed by atoms with Crippen LogP contribution in [0.4, 0.5) is 0 Å². The Labute approximate surface area is 134 Å². The molecular formula is C17H20N4S. The summed E-state index contributed by atoms with van der Waals surface area (Å²) in [6.07, 6.45) is 4.42. The zero-order valence-corrected chi connectivity index (χ0v) is 13.6. The number of nitrogens with zero attached hydrogens (tertiary/aromatic N) is 4. The lowest BCUT2D eigenvalue weighted by Gasteiger charge is -2.31. The smallest absolute Gasteiger partial charge is 0.123 e. The molecule has 1 saturated heterocycles. The van der Waals surface area contributed by atoms with Gasteiger partial charge in [0, 0.05) is 31.1 Å². The number of thiazole rings is 1. The number of imidazole rings is 1. The fourth-order valence-electron chi connectivity index (χ4n) is 3.37. The molecule has 3 aromatic rings. The number of likely N-dealkylation sites (tertiary alicyclic amines) is 1. The largest absolute Gasteiger partial charge is 0.330 e. The Balaban J connectivity index is 1.53. The van der Waals surface area contributed by atoms with Crippen molar-refractivity contribution in [2.24, 2.45) is 7.05 Å². The van der Waals surface area contributed by atoms with Crippen molar-refractivity contribution >= 4 is 22.4 Å². The minimum atomic E-state index is 0.587. The van der Waals surface area contributed by atoms with E-state index >= 15 is 0 Å². The number of fused-ring (bicyclic) bond motifs is 1. The highest BCUT2D eigenvalue weighted by molar-refractivity contribution is 7.09. The number of aromatic nitrogens is 3. The van der Waals surface area contributed by atoms with Crippen LogP contribution in [0, 0.1) is 0 Å².